The molecule has 0 fully saturated rings. The van der Waals surface area contributed by atoms with Crippen LogP contribution in [0.5, 0.6) is 0 Å². The Balaban J connectivity index is 2.53. The second-order valence-corrected chi connectivity index (χ2v) is 4.22. The van der Waals surface area contributed by atoms with E-state index in [4.69, 9.17) is 4.74 Å². The first-order chi connectivity index (χ1) is 8.19. The third-order valence-electron chi connectivity index (χ3n) is 2.06. The molecule has 1 heterocycles. The van der Waals surface area contributed by atoms with Crippen LogP contribution < -0.4 is 5.32 Å². The Morgan fingerprint density at radius 1 is 1.41 bits per heavy atom. The molecule has 0 saturated heterocycles. The minimum absolute atomic E-state index is 0.134. The first kappa shape index (κ1) is 13.7. The molecular formula is C11H15NO4S. The van der Waals surface area contributed by atoms with Crippen LogP contribution in [-0.4, -0.2) is 32.7 Å². The molecule has 0 aliphatic heterocycles. The van der Waals surface area contributed by atoms with Crippen LogP contribution in [0.3, 0.4) is 0 Å². The van der Waals surface area contributed by atoms with Gasteiger partial charge in [0.25, 0.3) is 0 Å². The maximum atomic E-state index is 11.5. The second kappa shape index (κ2) is 7.03. The van der Waals surface area contributed by atoms with Crippen molar-refractivity contribution in [2.75, 3.05) is 26.1 Å². The molecule has 5 nitrogen and oxygen atoms in total. The van der Waals surface area contributed by atoms with Crippen LogP contribution in [0.2, 0.25) is 0 Å². The third kappa shape index (κ3) is 4.16. The number of methoxy groups -OCH3 is 2. The highest BCUT2D eigenvalue weighted by molar-refractivity contribution is 7.12. The van der Waals surface area contributed by atoms with Gasteiger partial charge in [-0.15, -0.1) is 11.3 Å². The number of esters is 1. The van der Waals surface area contributed by atoms with Gasteiger partial charge in [0.2, 0.25) is 5.91 Å². The van der Waals surface area contributed by atoms with Gasteiger partial charge in [0.15, 0.2) is 0 Å². The topological polar surface area (TPSA) is 64.6 Å². The SMILES string of the molecule is COCCCC(=O)Nc1ccsc1C(=O)OC. The van der Waals surface area contributed by atoms with E-state index in [2.05, 4.69) is 10.1 Å². The smallest absolute Gasteiger partial charge is 0.350 e. The molecule has 1 rings (SSSR count). The van der Waals surface area contributed by atoms with Crippen LogP contribution in [-0.2, 0) is 14.3 Å². The predicted molar refractivity (Wildman–Crippen MR) is 65.4 cm³/mol. The number of hydrogen-bond acceptors (Lipinski definition) is 5. The summed E-state index contributed by atoms with van der Waals surface area (Å²) in [6.45, 7) is 0.543. The summed E-state index contributed by atoms with van der Waals surface area (Å²) in [7, 11) is 2.90. The van der Waals surface area contributed by atoms with Crippen molar-refractivity contribution in [1.29, 1.82) is 0 Å². The summed E-state index contributed by atoms with van der Waals surface area (Å²) in [5.74, 6) is -0.571. The van der Waals surface area contributed by atoms with Gasteiger partial charge in [-0.05, 0) is 17.9 Å². The van der Waals surface area contributed by atoms with Crippen molar-refractivity contribution in [2.45, 2.75) is 12.8 Å². The molecule has 0 bridgehead atoms. The highest BCUT2D eigenvalue weighted by atomic mass is 32.1. The van der Waals surface area contributed by atoms with Gasteiger partial charge in [-0.25, -0.2) is 4.79 Å². The van der Waals surface area contributed by atoms with Gasteiger partial charge in [0.05, 0.1) is 12.8 Å². The quantitative estimate of drug-likeness (QED) is 0.624. The molecule has 94 valence electrons. The van der Waals surface area contributed by atoms with E-state index in [1.54, 1.807) is 18.6 Å². The number of thiophene rings is 1. The molecule has 0 unspecified atom stereocenters. The van der Waals surface area contributed by atoms with Crippen molar-refractivity contribution in [1.82, 2.24) is 0 Å². The summed E-state index contributed by atoms with van der Waals surface area (Å²) in [5.41, 5.74) is 0.504. The summed E-state index contributed by atoms with van der Waals surface area (Å²) >= 11 is 1.24. The van der Waals surface area contributed by atoms with Crippen molar-refractivity contribution >= 4 is 28.9 Å². The van der Waals surface area contributed by atoms with Crippen LogP contribution in [0.1, 0.15) is 22.5 Å². The van der Waals surface area contributed by atoms with Gasteiger partial charge in [-0.1, -0.05) is 0 Å². The van der Waals surface area contributed by atoms with E-state index in [1.807, 2.05) is 0 Å². The lowest BCUT2D eigenvalue weighted by Gasteiger charge is -2.05. The van der Waals surface area contributed by atoms with Crippen molar-refractivity contribution in [3.63, 3.8) is 0 Å². The molecule has 1 amide bonds. The largest absolute Gasteiger partial charge is 0.465 e. The summed E-state index contributed by atoms with van der Waals surface area (Å²) in [6, 6.07) is 1.69. The monoisotopic (exact) mass is 257 g/mol. The van der Waals surface area contributed by atoms with E-state index in [-0.39, 0.29) is 5.91 Å². The van der Waals surface area contributed by atoms with Crippen molar-refractivity contribution in [3.05, 3.63) is 16.3 Å². The van der Waals surface area contributed by atoms with Crippen molar-refractivity contribution in [3.8, 4) is 0 Å². The van der Waals surface area contributed by atoms with Crippen LogP contribution in [0.25, 0.3) is 0 Å². The Kier molecular flexibility index (Phi) is 5.65. The predicted octanol–water partition coefficient (Wildman–Crippen LogP) is 1.90. The van der Waals surface area contributed by atoms with Crippen LogP contribution in [0.4, 0.5) is 5.69 Å². The molecule has 0 aromatic carbocycles. The maximum absolute atomic E-state index is 11.5. The Morgan fingerprint density at radius 2 is 2.18 bits per heavy atom. The summed E-state index contributed by atoms with van der Waals surface area (Å²) in [5, 5.41) is 4.41. The lowest BCUT2D eigenvalue weighted by atomic mass is 10.3. The fourth-order valence-electron chi connectivity index (χ4n) is 1.25. The highest BCUT2D eigenvalue weighted by Gasteiger charge is 2.15. The molecular weight excluding hydrogens is 242 g/mol. The highest BCUT2D eigenvalue weighted by Crippen LogP contribution is 2.23. The average molecular weight is 257 g/mol. The number of hydrogen-bond donors (Lipinski definition) is 1. The van der Waals surface area contributed by atoms with E-state index in [0.717, 1.165) is 0 Å². The first-order valence-electron chi connectivity index (χ1n) is 5.13. The Labute approximate surface area is 104 Å². The zero-order valence-electron chi connectivity index (χ0n) is 9.82. The molecule has 0 aliphatic carbocycles. The maximum Gasteiger partial charge on any atom is 0.350 e. The van der Waals surface area contributed by atoms with E-state index < -0.39 is 5.97 Å². The molecule has 0 radical (unpaired) electrons. The average Bonchev–Trinajstić information content (AvgIpc) is 2.76. The van der Waals surface area contributed by atoms with Gasteiger partial charge in [-0.3, -0.25) is 4.79 Å². The van der Waals surface area contributed by atoms with Gasteiger partial charge in [-0.2, -0.15) is 0 Å². The number of rotatable bonds is 6. The number of anilines is 1. The van der Waals surface area contributed by atoms with Crippen LogP contribution >= 0.6 is 11.3 Å². The van der Waals surface area contributed by atoms with Crippen LogP contribution in [0.15, 0.2) is 11.4 Å². The summed E-state index contributed by atoms with van der Waals surface area (Å²) in [4.78, 5) is 23.3. The fraction of sp³-hybridized carbons (Fsp3) is 0.455. The molecule has 1 aromatic rings. The molecule has 17 heavy (non-hydrogen) atoms. The third-order valence-corrected chi connectivity index (χ3v) is 2.96. The molecule has 0 aliphatic rings. The van der Waals surface area contributed by atoms with Gasteiger partial charge in [0.1, 0.15) is 4.88 Å². The Hall–Kier alpha value is -1.40. The second-order valence-electron chi connectivity index (χ2n) is 3.30. The number of amides is 1. The lowest BCUT2D eigenvalue weighted by Crippen LogP contribution is -2.14. The lowest BCUT2D eigenvalue weighted by molar-refractivity contribution is -0.116. The molecule has 0 saturated carbocycles. The summed E-state index contributed by atoms with van der Waals surface area (Å²) < 4.78 is 9.47. The van der Waals surface area contributed by atoms with E-state index >= 15 is 0 Å². The minimum Gasteiger partial charge on any atom is -0.465 e. The fourth-order valence-corrected chi connectivity index (χ4v) is 2.01. The van der Waals surface area contributed by atoms with Gasteiger partial charge >= 0.3 is 5.97 Å². The van der Waals surface area contributed by atoms with E-state index in [0.29, 0.717) is 30.0 Å². The first-order valence-corrected chi connectivity index (χ1v) is 6.01. The summed E-state index contributed by atoms with van der Waals surface area (Å²) in [6.07, 6.45) is 1.02. The van der Waals surface area contributed by atoms with Crippen molar-refractivity contribution in [2.24, 2.45) is 0 Å². The number of nitrogens with one attached hydrogen (secondary N) is 1. The zero-order valence-corrected chi connectivity index (χ0v) is 10.6. The van der Waals surface area contributed by atoms with Crippen LogP contribution in [0, 0.1) is 0 Å². The number of carbonyl (C=O) groups excluding carboxylic acids is 2. The minimum atomic E-state index is -0.438. The van der Waals surface area contributed by atoms with Gasteiger partial charge < -0.3 is 14.8 Å². The van der Waals surface area contributed by atoms with E-state index in [1.165, 1.54) is 18.4 Å². The van der Waals surface area contributed by atoms with Gasteiger partial charge in [0, 0.05) is 20.1 Å². The number of carbonyl (C=O) groups is 2. The Morgan fingerprint density at radius 3 is 2.82 bits per heavy atom. The Bertz CT molecular complexity index is 389. The number of ether oxygens (including phenoxy) is 2. The molecule has 0 spiro atoms. The molecule has 1 aromatic heterocycles. The van der Waals surface area contributed by atoms with Crippen molar-refractivity contribution < 1.29 is 19.1 Å². The molecule has 6 heteroatoms. The molecule has 0 atom stereocenters. The normalized spacial score (nSPS) is 10.0. The van der Waals surface area contributed by atoms with E-state index in [9.17, 15) is 9.59 Å². The standard InChI is InChI=1S/C11H15NO4S/c1-15-6-3-4-9(13)12-8-5-7-17-10(8)11(14)16-2/h5,7H,3-4,6H2,1-2H3,(H,12,13). The molecule has 1 N–H and O–H groups in total. The zero-order chi connectivity index (χ0) is 12.7.